The summed E-state index contributed by atoms with van der Waals surface area (Å²) in [6.07, 6.45) is 5.25. The van der Waals surface area contributed by atoms with Crippen LogP contribution < -0.4 is 15.6 Å². The Hall–Kier alpha value is -1.81. The average molecular weight is 301 g/mol. The number of quaternary nitrogens is 1. The third-order valence-electron chi connectivity index (χ3n) is 4.95. The van der Waals surface area contributed by atoms with Crippen molar-refractivity contribution in [3.8, 4) is 5.75 Å². The maximum absolute atomic E-state index is 12.3. The van der Waals surface area contributed by atoms with Crippen LogP contribution in [0, 0.1) is 5.92 Å². The topological polar surface area (TPSA) is 58.7 Å². The molecule has 3 rings (SSSR count). The fourth-order valence-electron chi connectivity index (χ4n) is 3.48. The summed E-state index contributed by atoms with van der Waals surface area (Å²) in [5.41, 5.74) is 1.70. The molecule has 0 saturated heterocycles. The molecule has 1 aromatic heterocycles. The van der Waals surface area contributed by atoms with Gasteiger partial charge in [-0.2, -0.15) is 0 Å². The maximum atomic E-state index is 12.3. The molecule has 3 N–H and O–H groups in total. The Morgan fingerprint density at radius 3 is 2.86 bits per heavy atom. The van der Waals surface area contributed by atoms with Crippen molar-refractivity contribution in [2.45, 2.75) is 45.2 Å². The summed E-state index contributed by atoms with van der Waals surface area (Å²) >= 11 is 0. The van der Waals surface area contributed by atoms with Gasteiger partial charge in [-0.05, 0) is 42.8 Å². The summed E-state index contributed by atoms with van der Waals surface area (Å²) in [5, 5.41) is 3.41. The third-order valence-corrected chi connectivity index (χ3v) is 4.95. The van der Waals surface area contributed by atoms with E-state index in [0.717, 1.165) is 34.7 Å². The fourth-order valence-corrected chi connectivity index (χ4v) is 3.48. The number of pyridine rings is 1. The highest BCUT2D eigenvalue weighted by Gasteiger charge is 2.24. The summed E-state index contributed by atoms with van der Waals surface area (Å²) < 4.78 is 5.20. The highest BCUT2D eigenvalue weighted by Crippen LogP contribution is 2.21. The van der Waals surface area contributed by atoms with Gasteiger partial charge in [0.1, 0.15) is 12.3 Å². The molecule has 4 heteroatoms. The molecule has 2 atom stereocenters. The Morgan fingerprint density at radius 2 is 2.09 bits per heavy atom. The number of aromatic amines is 1. The molecule has 118 valence electrons. The molecule has 2 aromatic rings. The summed E-state index contributed by atoms with van der Waals surface area (Å²) in [7, 11) is 1.63. The molecule has 1 aliphatic rings. The number of hydrogen-bond acceptors (Lipinski definition) is 2. The van der Waals surface area contributed by atoms with Gasteiger partial charge in [0.05, 0.1) is 24.2 Å². The van der Waals surface area contributed by atoms with E-state index in [1.807, 2.05) is 24.3 Å². The standard InChI is InChI=1S/C18H24N2O2/c1-12-5-3-4-6-16(12)19-11-14-9-13-7-8-15(22-2)10-17(13)20-18(14)21/h7-10,12,16,19H,3-6,11H2,1-2H3,(H,20,21)/p+1/t12-,16+/m1/s1. The van der Waals surface area contributed by atoms with Gasteiger partial charge in [-0.15, -0.1) is 0 Å². The van der Waals surface area contributed by atoms with Gasteiger partial charge in [-0.25, -0.2) is 0 Å². The van der Waals surface area contributed by atoms with Gasteiger partial charge in [0.25, 0.3) is 5.56 Å². The molecule has 0 spiro atoms. The zero-order valence-corrected chi connectivity index (χ0v) is 13.4. The molecular weight excluding hydrogens is 276 g/mol. The molecule has 1 aliphatic carbocycles. The second-order valence-electron chi connectivity index (χ2n) is 6.44. The zero-order chi connectivity index (χ0) is 15.5. The lowest BCUT2D eigenvalue weighted by atomic mass is 9.86. The largest absolute Gasteiger partial charge is 0.497 e. The van der Waals surface area contributed by atoms with E-state index in [1.54, 1.807) is 7.11 Å². The van der Waals surface area contributed by atoms with Gasteiger partial charge in [0.2, 0.25) is 0 Å². The van der Waals surface area contributed by atoms with Crippen molar-refractivity contribution in [1.82, 2.24) is 4.98 Å². The summed E-state index contributed by atoms with van der Waals surface area (Å²) in [5.74, 6) is 1.51. The molecule has 1 fully saturated rings. The molecule has 22 heavy (non-hydrogen) atoms. The number of nitrogens with one attached hydrogen (secondary N) is 1. The molecular formula is C18H25N2O2+. The van der Waals surface area contributed by atoms with E-state index in [0.29, 0.717) is 6.04 Å². The number of aromatic nitrogens is 1. The lowest BCUT2D eigenvalue weighted by Crippen LogP contribution is -2.90. The van der Waals surface area contributed by atoms with Crippen molar-refractivity contribution in [3.05, 3.63) is 40.2 Å². The van der Waals surface area contributed by atoms with Crippen molar-refractivity contribution in [2.24, 2.45) is 5.92 Å². The Bertz CT molecular complexity index is 708. The normalized spacial score (nSPS) is 21.9. The van der Waals surface area contributed by atoms with E-state index in [9.17, 15) is 4.79 Å². The van der Waals surface area contributed by atoms with Crippen LogP contribution in [0.2, 0.25) is 0 Å². The van der Waals surface area contributed by atoms with Crippen LogP contribution in [0.1, 0.15) is 38.2 Å². The van der Waals surface area contributed by atoms with Gasteiger partial charge in [0.15, 0.2) is 0 Å². The Morgan fingerprint density at radius 1 is 1.27 bits per heavy atom. The lowest BCUT2D eigenvalue weighted by Gasteiger charge is -2.26. The summed E-state index contributed by atoms with van der Waals surface area (Å²) in [4.78, 5) is 15.2. The van der Waals surface area contributed by atoms with Crippen molar-refractivity contribution in [3.63, 3.8) is 0 Å². The summed E-state index contributed by atoms with van der Waals surface area (Å²) in [6, 6.07) is 8.46. The van der Waals surface area contributed by atoms with Crippen molar-refractivity contribution >= 4 is 10.9 Å². The van der Waals surface area contributed by atoms with Gasteiger partial charge >= 0.3 is 0 Å². The first-order valence-corrected chi connectivity index (χ1v) is 8.20. The van der Waals surface area contributed by atoms with E-state index in [4.69, 9.17) is 4.74 Å². The number of hydrogen-bond donors (Lipinski definition) is 2. The van der Waals surface area contributed by atoms with Gasteiger partial charge in [-0.1, -0.05) is 13.3 Å². The highest BCUT2D eigenvalue weighted by atomic mass is 16.5. The third kappa shape index (κ3) is 3.17. The van der Waals surface area contributed by atoms with Crippen LogP contribution in [0.5, 0.6) is 5.75 Å². The first-order chi connectivity index (χ1) is 10.7. The smallest absolute Gasteiger partial charge is 0.257 e. The minimum atomic E-state index is 0.0143. The Labute approximate surface area is 130 Å². The van der Waals surface area contributed by atoms with Crippen LogP contribution in [0.15, 0.2) is 29.1 Å². The molecule has 0 bridgehead atoms. The van der Waals surface area contributed by atoms with E-state index < -0.39 is 0 Å². The first kappa shape index (κ1) is 15.1. The minimum absolute atomic E-state index is 0.0143. The number of methoxy groups -OCH3 is 1. The number of benzene rings is 1. The number of fused-ring (bicyclic) bond motifs is 1. The van der Waals surface area contributed by atoms with E-state index in [-0.39, 0.29) is 5.56 Å². The van der Waals surface area contributed by atoms with Crippen LogP contribution in [-0.2, 0) is 6.54 Å². The molecule has 0 aliphatic heterocycles. The molecule has 4 nitrogen and oxygen atoms in total. The van der Waals surface area contributed by atoms with Crippen LogP contribution in [0.25, 0.3) is 10.9 Å². The minimum Gasteiger partial charge on any atom is -0.497 e. The molecule has 0 amide bonds. The van der Waals surface area contributed by atoms with Gasteiger partial charge in [0, 0.05) is 12.0 Å². The monoisotopic (exact) mass is 301 g/mol. The second kappa shape index (κ2) is 6.53. The van der Waals surface area contributed by atoms with Crippen LogP contribution in [0.3, 0.4) is 0 Å². The van der Waals surface area contributed by atoms with E-state index >= 15 is 0 Å². The van der Waals surface area contributed by atoms with Crippen LogP contribution >= 0.6 is 0 Å². The lowest BCUT2D eigenvalue weighted by molar-refractivity contribution is -0.712. The van der Waals surface area contributed by atoms with Crippen molar-refractivity contribution in [1.29, 1.82) is 0 Å². The maximum Gasteiger partial charge on any atom is 0.257 e. The number of ether oxygens (including phenoxy) is 1. The first-order valence-electron chi connectivity index (χ1n) is 8.20. The molecule has 0 radical (unpaired) electrons. The van der Waals surface area contributed by atoms with Crippen molar-refractivity contribution in [2.75, 3.05) is 7.11 Å². The predicted molar refractivity (Wildman–Crippen MR) is 88.2 cm³/mol. The Kier molecular flexibility index (Phi) is 4.48. The number of rotatable bonds is 4. The number of H-pyrrole nitrogens is 1. The second-order valence-corrected chi connectivity index (χ2v) is 6.44. The predicted octanol–water partition coefficient (Wildman–Crippen LogP) is 2.18. The Balaban J connectivity index is 1.78. The van der Waals surface area contributed by atoms with Gasteiger partial charge < -0.3 is 15.0 Å². The van der Waals surface area contributed by atoms with Crippen LogP contribution in [-0.4, -0.2) is 18.1 Å². The zero-order valence-electron chi connectivity index (χ0n) is 13.4. The van der Waals surface area contributed by atoms with Crippen LogP contribution in [0.4, 0.5) is 0 Å². The van der Waals surface area contributed by atoms with E-state index in [1.165, 1.54) is 25.7 Å². The highest BCUT2D eigenvalue weighted by molar-refractivity contribution is 5.80. The molecule has 1 heterocycles. The van der Waals surface area contributed by atoms with Gasteiger partial charge in [-0.3, -0.25) is 4.79 Å². The molecule has 1 aromatic carbocycles. The number of nitrogens with two attached hydrogens (primary N) is 1. The molecule has 0 unspecified atom stereocenters. The van der Waals surface area contributed by atoms with Crippen molar-refractivity contribution < 1.29 is 10.1 Å². The molecule has 1 saturated carbocycles. The summed E-state index contributed by atoms with van der Waals surface area (Å²) in [6.45, 7) is 3.09. The quantitative estimate of drug-likeness (QED) is 0.909. The van der Waals surface area contributed by atoms with E-state index in [2.05, 4.69) is 17.2 Å². The SMILES string of the molecule is COc1ccc2cc(C[NH2+][C@H]3CCCC[C@H]3C)c(=O)[nH]c2c1. The average Bonchev–Trinajstić information content (AvgIpc) is 2.53. The fraction of sp³-hybridized carbons (Fsp3) is 0.500.